The molecular weight excluding hydrogens is 366 g/mol. The number of rotatable bonds is 3. The smallest absolute Gasteiger partial charge is 0.278 e. The Kier molecular flexibility index (Phi) is 4.55. The highest BCUT2D eigenvalue weighted by molar-refractivity contribution is 5.93. The van der Waals surface area contributed by atoms with Crippen molar-refractivity contribution in [2.75, 3.05) is 14.2 Å². The van der Waals surface area contributed by atoms with Gasteiger partial charge in [-0.25, -0.2) is 10.0 Å². The highest BCUT2D eigenvalue weighted by atomic mass is 16.7. The van der Waals surface area contributed by atoms with Gasteiger partial charge < -0.3 is 0 Å². The highest BCUT2D eigenvalue weighted by Gasteiger charge is 2.19. The largest absolute Gasteiger partial charge is 0.280 e. The van der Waals surface area contributed by atoms with Gasteiger partial charge in [-0.1, -0.05) is 45.0 Å². The molecule has 4 aromatic rings. The van der Waals surface area contributed by atoms with Crippen LogP contribution < -0.4 is 0 Å². The predicted molar refractivity (Wildman–Crippen MR) is 112 cm³/mol. The van der Waals surface area contributed by atoms with E-state index in [2.05, 4.69) is 49.2 Å². The summed E-state index contributed by atoms with van der Waals surface area (Å²) in [4.78, 5) is 22.4. The van der Waals surface area contributed by atoms with E-state index in [1.54, 1.807) is 29.8 Å². The maximum Gasteiger partial charge on any atom is 0.278 e. The minimum absolute atomic E-state index is 0.0393. The number of para-hydroxylation sites is 1. The second kappa shape index (κ2) is 6.93. The topological polar surface area (TPSA) is 72.6 Å². The van der Waals surface area contributed by atoms with Crippen molar-refractivity contribution in [1.82, 2.24) is 24.6 Å². The average molecular weight is 389 g/mol. The molecule has 0 fully saturated rings. The molecule has 0 aliphatic carbocycles. The molecular formula is C22H23N5O2. The molecule has 0 aliphatic heterocycles. The summed E-state index contributed by atoms with van der Waals surface area (Å²) in [6.07, 6.45) is 1.71. The lowest BCUT2D eigenvalue weighted by Gasteiger charge is -2.20. The van der Waals surface area contributed by atoms with Crippen LogP contribution in [0.2, 0.25) is 0 Å². The van der Waals surface area contributed by atoms with E-state index in [4.69, 9.17) is 9.82 Å². The molecule has 0 bridgehead atoms. The van der Waals surface area contributed by atoms with E-state index < -0.39 is 0 Å². The molecule has 4 rings (SSSR count). The molecule has 0 aliphatic rings. The minimum Gasteiger partial charge on any atom is -0.280 e. The second-order valence-corrected chi connectivity index (χ2v) is 7.98. The molecule has 0 atom stereocenters. The van der Waals surface area contributed by atoms with Crippen LogP contribution in [0.25, 0.3) is 28.1 Å². The molecule has 0 N–H and O–H groups in total. The summed E-state index contributed by atoms with van der Waals surface area (Å²) in [5, 5.41) is 10.8. The molecule has 1 amide bonds. The number of aromatic nitrogens is 4. The standard InChI is InChI=1S/C22H23N5O2/c1-22(2,3)16-8-6-7-14-9-11-17(23-19(14)16)20-25-24-18-12-10-15(13-27(18)20)21(28)26(4)29-5/h6-13H,1-5H3. The monoisotopic (exact) mass is 389 g/mol. The number of fused-ring (bicyclic) bond motifs is 2. The van der Waals surface area contributed by atoms with Gasteiger partial charge in [-0.05, 0) is 29.2 Å². The Labute approximate surface area is 168 Å². The van der Waals surface area contributed by atoms with Crippen molar-refractivity contribution in [1.29, 1.82) is 0 Å². The fraction of sp³-hybridized carbons (Fsp3) is 0.273. The number of carbonyl (C=O) groups excluding carboxylic acids is 1. The highest BCUT2D eigenvalue weighted by Crippen LogP contribution is 2.30. The Morgan fingerprint density at radius 3 is 2.59 bits per heavy atom. The van der Waals surface area contributed by atoms with Gasteiger partial charge in [0.1, 0.15) is 5.69 Å². The van der Waals surface area contributed by atoms with E-state index in [0.29, 0.717) is 22.7 Å². The lowest BCUT2D eigenvalue weighted by molar-refractivity contribution is -0.0757. The van der Waals surface area contributed by atoms with E-state index in [9.17, 15) is 4.79 Å². The Balaban J connectivity index is 1.88. The minimum atomic E-state index is -0.254. The van der Waals surface area contributed by atoms with Gasteiger partial charge in [0, 0.05) is 18.6 Å². The summed E-state index contributed by atoms with van der Waals surface area (Å²) in [6, 6.07) is 13.7. The van der Waals surface area contributed by atoms with Crippen LogP contribution in [0, 0.1) is 0 Å². The van der Waals surface area contributed by atoms with Crippen molar-refractivity contribution >= 4 is 22.5 Å². The fourth-order valence-electron chi connectivity index (χ4n) is 3.33. The van der Waals surface area contributed by atoms with Crippen molar-refractivity contribution in [2.24, 2.45) is 0 Å². The third-order valence-electron chi connectivity index (χ3n) is 4.97. The zero-order valence-corrected chi connectivity index (χ0v) is 17.2. The number of hydrogen-bond acceptors (Lipinski definition) is 5. The van der Waals surface area contributed by atoms with Gasteiger partial charge in [-0.15, -0.1) is 10.2 Å². The maximum atomic E-state index is 12.5. The van der Waals surface area contributed by atoms with E-state index in [0.717, 1.165) is 10.9 Å². The van der Waals surface area contributed by atoms with E-state index in [1.807, 2.05) is 12.1 Å². The third-order valence-corrected chi connectivity index (χ3v) is 4.97. The number of nitrogens with zero attached hydrogens (tertiary/aromatic N) is 5. The first-order valence-corrected chi connectivity index (χ1v) is 9.37. The summed E-state index contributed by atoms with van der Waals surface area (Å²) >= 11 is 0. The Morgan fingerprint density at radius 1 is 1.07 bits per heavy atom. The van der Waals surface area contributed by atoms with Crippen LogP contribution in [-0.2, 0) is 10.3 Å². The quantitative estimate of drug-likeness (QED) is 0.497. The average Bonchev–Trinajstić information content (AvgIpc) is 3.14. The number of carbonyl (C=O) groups is 1. The number of pyridine rings is 2. The molecule has 0 spiro atoms. The normalized spacial score (nSPS) is 11.9. The van der Waals surface area contributed by atoms with Crippen LogP contribution in [0.4, 0.5) is 0 Å². The fourth-order valence-corrected chi connectivity index (χ4v) is 3.33. The lowest BCUT2D eigenvalue weighted by Crippen LogP contribution is -2.25. The van der Waals surface area contributed by atoms with Crippen LogP contribution in [0.15, 0.2) is 48.7 Å². The first-order chi connectivity index (χ1) is 13.8. The van der Waals surface area contributed by atoms with Crippen LogP contribution >= 0.6 is 0 Å². The van der Waals surface area contributed by atoms with Gasteiger partial charge in [0.2, 0.25) is 0 Å². The van der Waals surface area contributed by atoms with Gasteiger partial charge in [0.25, 0.3) is 5.91 Å². The molecule has 7 heteroatoms. The molecule has 0 unspecified atom stereocenters. The first-order valence-electron chi connectivity index (χ1n) is 9.37. The number of benzene rings is 1. The second-order valence-electron chi connectivity index (χ2n) is 7.98. The zero-order valence-electron chi connectivity index (χ0n) is 17.2. The van der Waals surface area contributed by atoms with Crippen molar-refractivity contribution in [3.8, 4) is 11.5 Å². The number of hydroxylamine groups is 2. The molecule has 0 saturated carbocycles. The Bertz CT molecular complexity index is 1220. The van der Waals surface area contributed by atoms with Crippen LogP contribution in [0.3, 0.4) is 0 Å². The summed E-state index contributed by atoms with van der Waals surface area (Å²) in [5.74, 6) is 0.330. The summed E-state index contributed by atoms with van der Waals surface area (Å²) in [6.45, 7) is 6.52. The van der Waals surface area contributed by atoms with Gasteiger partial charge in [0.15, 0.2) is 11.5 Å². The molecule has 0 radical (unpaired) electrons. The molecule has 3 heterocycles. The number of hydrogen-bond donors (Lipinski definition) is 0. The van der Waals surface area contributed by atoms with Crippen molar-refractivity contribution in [3.05, 3.63) is 59.8 Å². The first kappa shape index (κ1) is 19.0. The van der Waals surface area contributed by atoms with E-state index >= 15 is 0 Å². The van der Waals surface area contributed by atoms with Crippen molar-refractivity contribution in [3.63, 3.8) is 0 Å². The van der Waals surface area contributed by atoms with Crippen LogP contribution in [0.5, 0.6) is 0 Å². The predicted octanol–water partition coefficient (Wildman–Crippen LogP) is 3.88. The Morgan fingerprint density at radius 2 is 1.86 bits per heavy atom. The molecule has 29 heavy (non-hydrogen) atoms. The summed E-state index contributed by atoms with van der Waals surface area (Å²) < 4.78 is 1.78. The molecule has 148 valence electrons. The van der Waals surface area contributed by atoms with E-state index in [1.165, 1.54) is 17.7 Å². The van der Waals surface area contributed by atoms with Crippen molar-refractivity contribution < 1.29 is 9.63 Å². The van der Waals surface area contributed by atoms with Crippen LogP contribution in [-0.4, -0.2) is 44.7 Å². The van der Waals surface area contributed by atoms with Gasteiger partial charge in [0.05, 0.1) is 18.2 Å². The van der Waals surface area contributed by atoms with Crippen molar-refractivity contribution in [2.45, 2.75) is 26.2 Å². The summed E-state index contributed by atoms with van der Waals surface area (Å²) in [5.41, 5.74) is 3.89. The zero-order chi connectivity index (χ0) is 20.8. The molecule has 0 saturated heterocycles. The number of amides is 1. The van der Waals surface area contributed by atoms with Gasteiger partial charge in [-0.3, -0.25) is 14.0 Å². The molecule has 3 aromatic heterocycles. The Hall–Kier alpha value is -3.32. The molecule has 7 nitrogen and oxygen atoms in total. The third kappa shape index (κ3) is 3.34. The lowest BCUT2D eigenvalue weighted by atomic mass is 9.85. The molecule has 1 aromatic carbocycles. The maximum absolute atomic E-state index is 12.5. The summed E-state index contributed by atoms with van der Waals surface area (Å²) in [7, 11) is 3.02. The van der Waals surface area contributed by atoms with Gasteiger partial charge >= 0.3 is 0 Å². The van der Waals surface area contributed by atoms with Crippen LogP contribution in [0.1, 0.15) is 36.7 Å². The van der Waals surface area contributed by atoms with E-state index in [-0.39, 0.29) is 11.3 Å². The SMILES string of the molecule is CON(C)C(=O)c1ccc2nnc(-c3ccc4cccc(C(C)(C)C)c4n3)n2c1. The van der Waals surface area contributed by atoms with Gasteiger partial charge in [-0.2, -0.15) is 0 Å².